The van der Waals surface area contributed by atoms with Crippen LogP contribution in [0.5, 0.6) is 0 Å². The predicted octanol–water partition coefficient (Wildman–Crippen LogP) is 3.09. The minimum Gasteiger partial charge on any atom is -0.459 e. The zero-order valence-corrected chi connectivity index (χ0v) is 15.3. The molecule has 0 aliphatic carbocycles. The van der Waals surface area contributed by atoms with Gasteiger partial charge in [0.2, 0.25) is 0 Å². The maximum Gasteiger partial charge on any atom is 0.408 e. The number of hydrogen-bond acceptors (Lipinski definition) is 6. The van der Waals surface area contributed by atoms with Gasteiger partial charge in [-0.3, -0.25) is 4.79 Å². The first-order valence-electron chi connectivity index (χ1n) is 8.21. The zero-order chi connectivity index (χ0) is 19.6. The molecule has 1 aromatic rings. The number of esters is 2. The van der Waals surface area contributed by atoms with Crippen LogP contribution in [0.25, 0.3) is 0 Å². The Kier molecular flexibility index (Phi) is 8.34. The summed E-state index contributed by atoms with van der Waals surface area (Å²) < 4.78 is 15.0. The van der Waals surface area contributed by atoms with Gasteiger partial charge in [0, 0.05) is 6.42 Å². The number of rotatable bonds is 8. The third-order valence-corrected chi connectivity index (χ3v) is 3.05. The Morgan fingerprint density at radius 1 is 1.19 bits per heavy atom. The molecule has 0 fully saturated rings. The molecule has 0 saturated carbocycles. The zero-order valence-electron chi connectivity index (χ0n) is 15.3. The molecule has 7 nitrogen and oxygen atoms in total. The summed E-state index contributed by atoms with van der Waals surface area (Å²) in [5.74, 6) is -1.22. The van der Waals surface area contributed by atoms with E-state index in [0.717, 1.165) is 11.8 Å². The molecule has 1 rings (SSSR count). The lowest BCUT2D eigenvalue weighted by Gasteiger charge is -2.22. The Morgan fingerprint density at radius 3 is 2.42 bits per heavy atom. The minimum absolute atomic E-state index is 0.0134. The molecule has 0 heterocycles. The van der Waals surface area contributed by atoms with E-state index in [2.05, 4.69) is 16.6 Å². The van der Waals surface area contributed by atoms with Crippen LogP contribution < -0.4 is 5.32 Å². The molecule has 0 radical (unpaired) electrons. The summed E-state index contributed by atoms with van der Waals surface area (Å²) in [5.41, 5.74) is 0.0904. The van der Waals surface area contributed by atoms with Gasteiger partial charge < -0.3 is 19.5 Å². The van der Waals surface area contributed by atoms with Gasteiger partial charge in [0.05, 0.1) is 6.26 Å². The molecule has 26 heavy (non-hydrogen) atoms. The molecule has 1 N–H and O–H groups in total. The average molecular weight is 363 g/mol. The molecule has 0 aliphatic rings. The quantitative estimate of drug-likeness (QED) is 0.434. The number of carbonyl (C=O) groups is 3. The van der Waals surface area contributed by atoms with Gasteiger partial charge in [0.15, 0.2) is 0 Å². The second-order valence-electron chi connectivity index (χ2n) is 6.49. The molecule has 0 bridgehead atoms. The van der Waals surface area contributed by atoms with E-state index in [1.54, 1.807) is 20.8 Å². The van der Waals surface area contributed by atoms with Gasteiger partial charge in [-0.1, -0.05) is 36.9 Å². The van der Waals surface area contributed by atoms with Gasteiger partial charge in [-0.25, -0.2) is 9.59 Å². The highest BCUT2D eigenvalue weighted by Crippen LogP contribution is 2.10. The standard InChI is InChI=1S/C19H25NO6/c1-5-24-16(21)12-11-15(20-18(23)26-19(2,3)4)17(22)25-13-14-9-7-6-8-10-14/h5-10,15H,1,11-13H2,2-4H3,(H,20,23)/t15-/m0/s1. The first kappa shape index (κ1) is 21.2. The fraction of sp³-hybridized carbons (Fsp3) is 0.421. The maximum absolute atomic E-state index is 12.3. The summed E-state index contributed by atoms with van der Waals surface area (Å²) in [6.45, 7) is 8.46. The van der Waals surface area contributed by atoms with Gasteiger partial charge in [-0.15, -0.1) is 0 Å². The van der Waals surface area contributed by atoms with Gasteiger partial charge >= 0.3 is 18.0 Å². The number of ether oxygens (including phenoxy) is 3. The van der Waals surface area contributed by atoms with Crippen LogP contribution in [0.1, 0.15) is 39.2 Å². The second kappa shape index (κ2) is 10.2. The van der Waals surface area contributed by atoms with Crippen molar-refractivity contribution in [2.24, 2.45) is 0 Å². The number of hydrogen-bond donors (Lipinski definition) is 1. The van der Waals surface area contributed by atoms with Gasteiger partial charge in [0.1, 0.15) is 18.2 Å². The summed E-state index contributed by atoms with van der Waals surface area (Å²) in [6, 6.07) is 8.08. The lowest BCUT2D eigenvalue weighted by Crippen LogP contribution is -2.44. The maximum atomic E-state index is 12.3. The SMILES string of the molecule is C=COC(=O)CC[C@H](NC(=O)OC(C)(C)C)C(=O)OCc1ccccc1. The van der Waals surface area contributed by atoms with Crippen LogP contribution >= 0.6 is 0 Å². The number of benzene rings is 1. The molecule has 0 aromatic heterocycles. The Morgan fingerprint density at radius 2 is 1.85 bits per heavy atom. The van der Waals surface area contributed by atoms with Crippen molar-refractivity contribution in [2.45, 2.75) is 51.9 Å². The third-order valence-electron chi connectivity index (χ3n) is 3.05. The molecule has 0 spiro atoms. The average Bonchev–Trinajstić information content (AvgIpc) is 2.56. The van der Waals surface area contributed by atoms with Gasteiger partial charge in [-0.05, 0) is 32.8 Å². The highest BCUT2D eigenvalue weighted by Gasteiger charge is 2.26. The lowest BCUT2D eigenvalue weighted by molar-refractivity contribution is -0.148. The monoisotopic (exact) mass is 363 g/mol. The molecular formula is C19H25NO6. The van der Waals surface area contributed by atoms with Crippen LogP contribution in [0.4, 0.5) is 4.79 Å². The molecule has 1 aromatic carbocycles. The van der Waals surface area contributed by atoms with Crippen molar-refractivity contribution in [3.63, 3.8) is 0 Å². The summed E-state index contributed by atoms with van der Waals surface area (Å²) in [5, 5.41) is 2.44. The highest BCUT2D eigenvalue weighted by atomic mass is 16.6. The van der Waals surface area contributed by atoms with Crippen molar-refractivity contribution >= 4 is 18.0 Å². The van der Waals surface area contributed by atoms with Crippen molar-refractivity contribution in [1.29, 1.82) is 0 Å². The van der Waals surface area contributed by atoms with Gasteiger partial charge in [-0.2, -0.15) is 0 Å². The van der Waals surface area contributed by atoms with E-state index in [9.17, 15) is 14.4 Å². The minimum atomic E-state index is -1.04. The normalized spacial score (nSPS) is 11.8. The number of amides is 1. The van der Waals surface area contributed by atoms with E-state index in [0.29, 0.717) is 0 Å². The van der Waals surface area contributed by atoms with Crippen molar-refractivity contribution in [3.05, 3.63) is 48.7 Å². The smallest absolute Gasteiger partial charge is 0.408 e. The van der Waals surface area contributed by atoms with E-state index in [1.165, 1.54) is 0 Å². The topological polar surface area (TPSA) is 90.9 Å². The molecule has 0 saturated heterocycles. The Bertz CT molecular complexity index is 621. The van der Waals surface area contributed by atoms with Crippen LogP contribution in [-0.4, -0.2) is 29.7 Å². The molecule has 142 valence electrons. The van der Waals surface area contributed by atoms with E-state index >= 15 is 0 Å². The summed E-state index contributed by atoms with van der Waals surface area (Å²) in [7, 11) is 0. The first-order chi connectivity index (χ1) is 12.2. The third kappa shape index (κ3) is 8.86. The van der Waals surface area contributed by atoms with Crippen LogP contribution in [0, 0.1) is 0 Å². The van der Waals surface area contributed by atoms with E-state index in [1.807, 2.05) is 30.3 Å². The molecular weight excluding hydrogens is 338 g/mol. The summed E-state index contributed by atoms with van der Waals surface area (Å²) in [4.78, 5) is 35.7. The lowest BCUT2D eigenvalue weighted by atomic mass is 10.1. The van der Waals surface area contributed by atoms with Crippen LogP contribution in [0.2, 0.25) is 0 Å². The van der Waals surface area contributed by atoms with E-state index in [-0.39, 0.29) is 19.4 Å². The van der Waals surface area contributed by atoms with Crippen LogP contribution in [-0.2, 0) is 30.4 Å². The fourth-order valence-corrected chi connectivity index (χ4v) is 1.94. The Hall–Kier alpha value is -2.83. The fourth-order valence-electron chi connectivity index (χ4n) is 1.94. The van der Waals surface area contributed by atoms with Gasteiger partial charge in [0.25, 0.3) is 0 Å². The number of carbonyl (C=O) groups excluding carboxylic acids is 3. The van der Waals surface area contributed by atoms with Crippen LogP contribution in [0.3, 0.4) is 0 Å². The molecule has 1 amide bonds. The van der Waals surface area contributed by atoms with E-state index in [4.69, 9.17) is 9.47 Å². The molecule has 1 atom stereocenters. The second-order valence-corrected chi connectivity index (χ2v) is 6.49. The number of nitrogens with one attached hydrogen (secondary N) is 1. The predicted molar refractivity (Wildman–Crippen MR) is 94.9 cm³/mol. The summed E-state index contributed by atoms with van der Waals surface area (Å²) in [6.07, 6.45) is 0.162. The van der Waals surface area contributed by atoms with Crippen LogP contribution in [0.15, 0.2) is 43.2 Å². The Balaban J connectivity index is 2.67. The van der Waals surface area contributed by atoms with E-state index < -0.39 is 29.7 Å². The van der Waals surface area contributed by atoms with Crippen molar-refractivity contribution in [2.75, 3.05) is 0 Å². The number of alkyl carbamates (subject to hydrolysis) is 1. The molecule has 0 aliphatic heterocycles. The molecule has 0 unspecified atom stereocenters. The van der Waals surface area contributed by atoms with Crippen molar-refractivity contribution in [3.8, 4) is 0 Å². The van der Waals surface area contributed by atoms with Crippen molar-refractivity contribution < 1.29 is 28.6 Å². The Labute approximate surface area is 153 Å². The summed E-state index contributed by atoms with van der Waals surface area (Å²) >= 11 is 0. The van der Waals surface area contributed by atoms with Crippen molar-refractivity contribution in [1.82, 2.24) is 5.32 Å². The largest absolute Gasteiger partial charge is 0.459 e. The highest BCUT2D eigenvalue weighted by molar-refractivity contribution is 5.82. The molecule has 7 heteroatoms. The first-order valence-corrected chi connectivity index (χ1v) is 8.21.